The zero-order chi connectivity index (χ0) is 20.4. The number of nitrogens with two attached hydrogens (primary N) is 1. The number of nitrogen functional groups attached to an aromatic ring is 1. The molecule has 27 heavy (non-hydrogen) atoms. The van der Waals surface area contributed by atoms with Gasteiger partial charge in [-0.2, -0.15) is 13.2 Å². The van der Waals surface area contributed by atoms with Crippen LogP contribution in [0.5, 0.6) is 0 Å². The Bertz CT molecular complexity index is 973. The summed E-state index contributed by atoms with van der Waals surface area (Å²) in [6.45, 7) is 1.70. The fourth-order valence-electron chi connectivity index (χ4n) is 2.36. The van der Waals surface area contributed by atoms with Crippen molar-refractivity contribution in [3.63, 3.8) is 0 Å². The number of anilines is 2. The summed E-state index contributed by atoms with van der Waals surface area (Å²) in [5.41, 5.74) is 4.36. The van der Waals surface area contributed by atoms with Crippen LogP contribution in [0.1, 0.15) is 28.4 Å². The number of rotatable bonds is 5. The Labute approximate surface area is 154 Å². The van der Waals surface area contributed by atoms with E-state index >= 15 is 0 Å². The van der Waals surface area contributed by atoms with Gasteiger partial charge < -0.3 is 10.5 Å². The third kappa shape index (κ3) is 4.51. The molecule has 6 nitrogen and oxygen atoms in total. The van der Waals surface area contributed by atoms with Crippen LogP contribution in [-0.4, -0.2) is 21.5 Å². The fraction of sp³-hybridized carbons (Fsp3) is 0.235. The van der Waals surface area contributed by atoms with Crippen molar-refractivity contribution in [2.45, 2.75) is 24.4 Å². The molecule has 0 heterocycles. The van der Waals surface area contributed by atoms with Crippen LogP contribution in [0.2, 0.25) is 0 Å². The van der Waals surface area contributed by atoms with Gasteiger partial charge in [0.25, 0.3) is 10.0 Å². The van der Waals surface area contributed by atoms with E-state index in [0.717, 1.165) is 25.3 Å². The van der Waals surface area contributed by atoms with E-state index in [-0.39, 0.29) is 16.1 Å². The summed E-state index contributed by atoms with van der Waals surface area (Å²) in [4.78, 5) is 11.4. The average Bonchev–Trinajstić information content (AvgIpc) is 2.61. The van der Waals surface area contributed by atoms with Gasteiger partial charge in [-0.05, 0) is 42.3 Å². The molecule has 0 unspecified atom stereocenters. The number of aryl methyl sites for hydroxylation is 1. The molecule has 0 aliphatic carbocycles. The Hall–Kier alpha value is -2.75. The molecular weight excluding hydrogens is 385 g/mol. The third-order valence-corrected chi connectivity index (χ3v) is 5.23. The monoisotopic (exact) mass is 402 g/mol. The van der Waals surface area contributed by atoms with E-state index in [1.807, 2.05) is 0 Å². The summed E-state index contributed by atoms with van der Waals surface area (Å²) < 4.78 is 70.8. The minimum atomic E-state index is -4.66. The molecular formula is C17H17F3N2O4S. The number of carbonyl (C=O) groups is 1. The standard InChI is InChI=1S/C17H17F3N2O4S/c1-3-10-4-5-11(16(23)26-2)8-15(10)27(24,25)22-14-9-12(17(18,19)20)6-7-13(14)21/h4-9,22H,3,21H2,1-2H3. The number of nitrogens with one attached hydrogen (secondary N) is 1. The van der Waals surface area contributed by atoms with E-state index in [2.05, 4.69) is 9.46 Å². The number of esters is 1. The van der Waals surface area contributed by atoms with E-state index in [9.17, 15) is 26.4 Å². The normalized spacial score (nSPS) is 11.9. The molecule has 0 atom stereocenters. The summed E-state index contributed by atoms with van der Waals surface area (Å²) in [5.74, 6) is -0.743. The maximum atomic E-state index is 12.9. The second-order valence-corrected chi connectivity index (χ2v) is 7.22. The van der Waals surface area contributed by atoms with Crippen molar-refractivity contribution in [3.8, 4) is 0 Å². The minimum absolute atomic E-state index is 0.00732. The maximum absolute atomic E-state index is 12.9. The van der Waals surface area contributed by atoms with Crippen molar-refractivity contribution in [1.29, 1.82) is 0 Å². The quantitative estimate of drug-likeness (QED) is 0.590. The number of hydrogen-bond donors (Lipinski definition) is 2. The predicted molar refractivity (Wildman–Crippen MR) is 93.8 cm³/mol. The van der Waals surface area contributed by atoms with Gasteiger partial charge >= 0.3 is 12.1 Å². The summed E-state index contributed by atoms with van der Waals surface area (Å²) in [6.07, 6.45) is -4.34. The summed E-state index contributed by atoms with van der Waals surface area (Å²) in [5, 5.41) is 0. The van der Waals surface area contributed by atoms with Crippen LogP contribution in [-0.2, 0) is 27.4 Å². The van der Waals surface area contributed by atoms with E-state index < -0.39 is 33.4 Å². The Balaban J connectivity index is 2.53. The molecule has 2 rings (SSSR count). The lowest BCUT2D eigenvalue weighted by Crippen LogP contribution is -2.18. The molecule has 0 aliphatic rings. The average molecular weight is 402 g/mol. The number of carbonyl (C=O) groups excluding carboxylic acids is 1. The number of methoxy groups -OCH3 is 1. The molecule has 146 valence electrons. The highest BCUT2D eigenvalue weighted by Crippen LogP contribution is 2.34. The van der Waals surface area contributed by atoms with E-state index in [1.54, 1.807) is 6.92 Å². The first-order valence-corrected chi connectivity index (χ1v) is 9.18. The number of hydrogen-bond acceptors (Lipinski definition) is 5. The van der Waals surface area contributed by atoms with Gasteiger partial charge in [0.2, 0.25) is 0 Å². The lowest BCUT2D eigenvalue weighted by atomic mass is 10.1. The highest BCUT2D eigenvalue weighted by Gasteiger charge is 2.31. The van der Waals surface area contributed by atoms with Crippen LogP contribution in [0.3, 0.4) is 0 Å². The first kappa shape index (κ1) is 20.6. The van der Waals surface area contributed by atoms with E-state index in [4.69, 9.17) is 5.73 Å². The molecule has 0 radical (unpaired) electrons. The van der Waals surface area contributed by atoms with Crippen LogP contribution in [0.15, 0.2) is 41.3 Å². The minimum Gasteiger partial charge on any atom is -0.465 e. The molecule has 0 aliphatic heterocycles. The van der Waals surface area contributed by atoms with Crippen molar-refractivity contribution < 1.29 is 31.1 Å². The smallest absolute Gasteiger partial charge is 0.416 e. The van der Waals surface area contributed by atoms with E-state index in [1.165, 1.54) is 12.1 Å². The van der Waals surface area contributed by atoms with E-state index in [0.29, 0.717) is 18.1 Å². The van der Waals surface area contributed by atoms with Crippen LogP contribution in [0.4, 0.5) is 24.5 Å². The van der Waals surface area contributed by atoms with Crippen molar-refractivity contribution in [2.75, 3.05) is 17.6 Å². The molecule has 0 spiro atoms. The second kappa shape index (κ2) is 7.47. The first-order chi connectivity index (χ1) is 12.5. The number of sulfonamides is 1. The molecule has 0 amide bonds. The summed E-state index contributed by atoms with van der Waals surface area (Å²) in [6, 6.07) is 6.28. The van der Waals surface area contributed by atoms with Crippen LogP contribution >= 0.6 is 0 Å². The number of alkyl halides is 3. The van der Waals surface area contributed by atoms with Crippen molar-refractivity contribution >= 4 is 27.4 Å². The Kier molecular flexibility index (Phi) is 5.69. The molecule has 3 N–H and O–H groups in total. The second-order valence-electron chi connectivity index (χ2n) is 5.57. The van der Waals surface area contributed by atoms with Gasteiger partial charge in [-0.1, -0.05) is 13.0 Å². The Morgan fingerprint density at radius 1 is 1.19 bits per heavy atom. The Morgan fingerprint density at radius 2 is 1.85 bits per heavy atom. The largest absolute Gasteiger partial charge is 0.465 e. The molecule has 10 heteroatoms. The highest BCUT2D eigenvalue weighted by atomic mass is 32.2. The molecule has 2 aromatic rings. The fourth-order valence-corrected chi connectivity index (χ4v) is 3.78. The number of ether oxygens (including phenoxy) is 1. The molecule has 0 aromatic heterocycles. The molecule has 0 bridgehead atoms. The predicted octanol–water partition coefficient (Wildman–Crippen LogP) is 3.44. The van der Waals surface area contributed by atoms with Crippen molar-refractivity contribution in [3.05, 3.63) is 53.1 Å². The van der Waals surface area contributed by atoms with Gasteiger partial charge in [-0.3, -0.25) is 4.72 Å². The third-order valence-electron chi connectivity index (χ3n) is 3.78. The van der Waals surface area contributed by atoms with Gasteiger partial charge in [-0.15, -0.1) is 0 Å². The summed E-state index contributed by atoms with van der Waals surface area (Å²) >= 11 is 0. The summed E-state index contributed by atoms with van der Waals surface area (Å²) in [7, 11) is -3.17. The zero-order valence-electron chi connectivity index (χ0n) is 14.4. The molecule has 0 saturated carbocycles. The number of benzene rings is 2. The molecule has 0 saturated heterocycles. The van der Waals surface area contributed by atoms with Gasteiger partial charge in [0.05, 0.1) is 34.5 Å². The lowest BCUT2D eigenvalue weighted by Gasteiger charge is -2.15. The zero-order valence-corrected chi connectivity index (χ0v) is 15.2. The topological polar surface area (TPSA) is 98.5 Å². The van der Waals surface area contributed by atoms with Gasteiger partial charge in [-0.25, -0.2) is 13.2 Å². The van der Waals surface area contributed by atoms with Gasteiger partial charge in [0.15, 0.2) is 0 Å². The molecule has 0 fully saturated rings. The lowest BCUT2D eigenvalue weighted by molar-refractivity contribution is -0.137. The highest BCUT2D eigenvalue weighted by molar-refractivity contribution is 7.92. The molecule has 2 aromatic carbocycles. The van der Waals surface area contributed by atoms with Crippen molar-refractivity contribution in [1.82, 2.24) is 0 Å². The van der Waals surface area contributed by atoms with Crippen molar-refractivity contribution in [2.24, 2.45) is 0 Å². The number of halogens is 3. The maximum Gasteiger partial charge on any atom is 0.416 e. The van der Waals surface area contributed by atoms with Gasteiger partial charge in [0.1, 0.15) is 0 Å². The van der Waals surface area contributed by atoms with Gasteiger partial charge in [0, 0.05) is 0 Å². The van der Waals surface area contributed by atoms with Crippen LogP contribution < -0.4 is 10.5 Å². The SMILES string of the molecule is CCc1ccc(C(=O)OC)cc1S(=O)(=O)Nc1cc(C(F)(F)F)ccc1N. The Morgan fingerprint density at radius 3 is 2.41 bits per heavy atom. The van der Waals surface area contributed by atoms with Crippen LogP contribution in [0, 0.1) is 0 Å². The van der Waals surface area contributed by atoms with Crippen LogP contribution in [0.25, 0.3) is 0 Å². The first-order valence-electron chi connectivity index (χ1n) is 7.70.